The number of nitrogens with zero attached hydrogens (tertiary/aromatic N) is 2. The van der Waals surface area contributed by atoms with Crippen molar-refractivity contribution in [1.29, 1.82) is 0 Å². The van der Waals surface area contributed by atoms with Crippen LogP contribution in [0.15, 0.2) is 54.6 Å². The van der Waals surface area contributed by atoms with Crippen LogP contribution < -0.4 is 20.3 Å². The highest BCUT2D eigenvalue weighted by Crippen LogP contribution is 2.32. The number of benzene rings is 3. The van der Waals surface area contributed by atoms with Gasteiger partial charge in [0, 0.05) is 60.4 Å². The summed E-state index contributed by atoms with van der Waals surface area (Å²) in [6.07, 6.45) is 3.33. The van der Waals surface area contributed by atoms with Gasteiger partial charge in [-0.15, -0.1) is 0 Å². The molecule has 0 atom stereocenters. The van der Waals surface area contributed by atoms with Crippen LogP contribution in [0.5, 0.6) is 5.75 Å². The highest BCUT2D eigenvalue weighted by molar-refractivity contribution is 6.10. The maximum Gasteiger partial charge on any atom is 0.255 e. The number of anilines is 2. The smallest absolute Gasteiger partial charge is 0.255 e. The first kappa shape index (κ1) is 24.1. The predicted molar refractivity (Wildman–Crippen MR) is 139 cm³/mol. The summed E-state index contributed by atoms with van der Waals surface area (Å²) in [7, 11) is 0. The molecule has 3 aromatic rings. The van der Waals surface area contributed by atoms with E-state index in [2.05, 4.69) is 20.4 Å². The van der Waals surface area contributed by atoms with Gasteiger partial charge in [-0.05, 0) is 49.6 Å². The Morgan fingerprint density at radius 2 is 1.81 bits per heavy atom. The molecule has 2 saturated heterocycles. The van der Waals surface area contributed by atoms with Gasteiger partial charge in [0.2, 0.25) is 5.91 Å². The molecule has 0 aromatic heterocycles. The van der Waals surface area contributed by atoms with Crippen molar-refractivity contribution in [1.82, 2.24) is 10.2 Å². The lowest BCUT2D eigenvalue weighted by molar-refractivity contribution is -0.124. The third-order valence-electron chi connectivity index (χ3n) is 6.78. The zero-order valence-electron chi connectivity index (χ0n) is 20.3. The minimum Gasteiger partial charge on any atom is -0.492 e. The first-order chi connectivity index (χ1) is 17.6. The zero-order chi connectivity index (χ0) is 24.9. The number of hydrogen-bond acceptors (Lipinski definition) is 5. The molecule has 5 rings (SSSR count). The molecule has 2 amide bonds. The van der Waals surface area contributed by atoms with Crippen molar-refractivity contribution in [2.45, 2.75) is 19.3 Å². The Morgan fingerprint density at radius 1 is 1.00 bits per heavy atom. The van der Waals surface area contributed by atoms with E-state index < -0.39 is 5.82 Å². The number of carbonyl (C=O) groups excluding carboxylic acids is 2. The maximum absolute atomic E-state index is 14.4. The van der Waals surface area contributed by atoms with E-state index in [9.17, 15) is 14.0 Å². The quantitative estimate of drug-likeness (QED) is 0.523. The average molecular weight is 491 g/mol. The van der Waals surface area contributed by atoms with Gasteiger partial charge in [-0.2, -0.15) is 0 Å². The molecule has 0 saturated carbocycles. The molecular formula is C28H31FN4O3. The molecule has 2 aliphatic heterocycles. The average Bonchev–Trinajstić information content (AvgIpc) is 2.90. The van der Waals surface area contributed by atoms with Gasteiger partial charge < -0.3 is 20.3 Å². The summed E-state index contributed by atoms with van der Waals surface area (Å²) in [5, 5.41) is 7.50. The molecule has 0 unspecified atom stereocenters. The van der Waals surface area contributed by atoms with E-state index >= 15 is 0 Å². The third kappa shape index (κ3) is 5.60. The SMILES string of the molecule is O=C1CN(CCOc2ccc(NC(=O)c3cc(F)cc(N4CCCCC4)c3)c3ccccc23)CCN1. The van der Waals surface area contributed by atoms with Gasteiger partial charge in [0.1, 0.15) is 18.2 Å². The Morgan fingerprint density at radius 3 is 2.61 bits per heavy atom. The highest BCUT2D eigenvalue weighted by atomic mass is 19.1. The summed E-state index contributed by atoms with van der Waals surface area (Å²) in [5.74, 6) is -0.0192. The van der Waals surface area contributed by atoms with Crippen LogP contribution in [0.4, 0.5) is 15.8 Å². The van der Waals surface area contributed by atoms with Crippen molar-refractivity contribution in [2.24, 2.45) is 0 Å². The first-order valence-corrected chi connectivity index (χ1v) is 12.6. The fraction of sp³-hybridized carbons (Fsp3) is 0.357. The molecule has 188 valence electrons. The topological polar surface area (TPSA) is 73.9 Å². The number of piperazine rings is 1. The number of hydrogen-bond donors (Lipinski definition) is 2. The summed E-state index contributed by atoms with van der Waals surface area (Å²) in [6.45, 7) is 4.70. The van der Waals surface area contributed by atoms with E-state index in [0.717, 1.165) is 48.9 Å². The Balaban J connectivity index is 1.31. The molecule has 2 heterocycles. The van der Waals surface area contributed by atoms with Crippen LogP contribution in [0.3, 0.4) is 0 Å². The maximum atomic E-state index is 14.4. The first-order valence-electron chi connectivity index (χ1n) is 12.6. The van der Waals surface area contributed by atoms with Gasteiger partial charge in [0.15, 0.2) is 0 Å². The number of amides is 2. The van der Waals surface area contributed by atoms with Crippen LogP contribution in [0, 0.1) is 5.82 Å². The molecule has 0 spiro atoms. The van der Waals surface area contributed by atoms with Crippen LogP contribution in [0.25, 0.3) is 10.8 Å². The lowest BCUT2D eigenvalue weighted by Crippen LogP contribution is -2.48. The van der Waals surface area contributed by atoms with Crippen LogP contribution >= 0.6 is 0 Å². The van der Waals surface area contributed by atoms with Gasteiger partial charge in [-0.3, -0.25) is 14.5 Å². The van der Waals surface area contributed by atoms with E-state index in [-0.39, 0.29) is 11.8 Å². The number of rotatable bonds is 7. The molecule has 36 heavy (non-hydrogen) atoms. The monoisotopic (exact) mass is 490 g/mol. The predicted octanol–water partition coefficient (Wildman–Crippen LogP) is 4.03. The highest BCUT2D eigenvalue weighted by Gasteiger charge is 2.18. The fourth-order valence-corrected chi connectivity index (χ4v) is 4.91. The Kier molecular flexibility index (Phi) is 7.32. The molecule has 0 aliphatic carbocycles. The van der Waals surface area contributed by atoms with Gasteiger partial charge in [0.05, 0.1) is 6.54 Å². The second kappa shape index (κ2) is 11.0. The second-order valence-electron chi connectivity index (χ2n) is 9.33. The number of halogens is 1. The molecule has 7 nitrogen and oxygen atoms in total. The standard InChI is InChI=1S/C28H31FN4O3/c29-21-16-20(17-22(18-21)33-11-4-1-5-12-33)28(35)31-25-8-9-26(24-7-3-2-6-23(24)25)36-15-14-32-13-10-30-27(34)19-32/h2-3,6-9,16-18H,1,4-5,10-15,19H2,(H,30,34)(H,31,35). The fourth-order valence-electron chi connectivity index (χ4n) is 4.91. The number of nitrogens with one attached hydrogen (secondary N) is 2. The van der Waals surface area contributed by atoms with Crippen molar-refractivity contribution >= 4 is 34.0 Å². The summed E-state index contributed by atoms with van der Waals surface area (Å²) in [4.78, 5) is 28.9. The lowest BCUT2D eigenvalue weighted by atomic mass is 10.1. The molecule has 2 N–H and O–H groups in total. The van der Waals surface area contributed by atoms with Gasteiger partial charge in [-0.25, -0.2) is 4.39 Å². The van der Waals surface area contributed by atoms with Crippen molar-refractivity contribution < 1.29 is 18.7 Å². The zero-order valence-corrected chi connectivity index (χ0v) is 20.3. The summed E-state index contributed by atoms with van der Waals surface area (Å²) in [6, 6.07) is 15.9. The Labute approximate surface area is 210 Å². The van der Waals surface area contributed by atoms with Crippen molar-refractivity contribution in [2.75, 3.05) is 56.1 Å². The van der Waals surface area contributed by atoms with Gasteiger partial charge in [0.25, 0.3) is 5.91 Å². The number of ether oxygens (including phenoxy) is 1. The Hall–Kier alpha value is -3.65. The number of carbonyl (C=O) groups is 2. The van der Waals surface area contributed by atoms with Crippen molar-refractivity contribution in [3.63, 3.8) is 0 Å². The number of fused-ring (bicyclic) bond motifs is 1. The Bertz CT molecular complexity index is 1260. The van der Waals surface area contributed by atoms with E-state index in [1.54, 1.807) is 6.07 Å². The molecule has 8 heteroatoms. The molecule has 2 fully saturated rings. The van der Waals surface area contributed by atoms with Crippen LogP contribution in [-0.2, 0) is 4.79 Å². The van der Waals surface area contributed by atoms with Gasteiger partial charge >= 0.3 is 0 Å². The van der Waals surface area contributed by atoms with E-state index in [4.69, 9.17) is 4.74 Å². The summed E-state index contributed by atoms with van der Waals surface area (Å²) < 4.78 is 20.5. The van der Waals surface area contributed by atoms with Gasteiger partial charge in [-0.1, -0.05) is 24.3 Å². The van der Waals surface area contributed by atoms with E-state index in [1.807, 2.05) is 36.4 Å². The van der Waals surface area contributed by atoms with Crippen molar-refractivity contribution in [3.05, 3.63) is 66.0 Å². The summed E-state index contributed by atoms with van der Waals surface area (Å²) >= 11 is 0. The molecule has 3 aromatic carbocycles. The molecule has 0 radical (unpaired) electrons. The van der Waals surface area contributed by atoms with Crippen LogP contribution in [-0.4, -0.2) is 62.6 Å². The minimum absolute atomic E-state index is 0.0353. The minimum atomic E-state index is -0.414. The second-order valence-corrected chi connectivity index (χ2v) is 9.33. The number of piperidine rings is 1. The lowest BCUT2D eigenvalue weighted by Gasteiger charge is -2.29. The molecule has 0 bridgehead atoms. The van der Waals surface area contributed by atoms with Crippen LogP contribution in [0.2, 0.25) is 0 Å². The largest absolute Gasteiger partial charge is 0.492 e. The van der Waals surface area contributed by atoms with Crippen molar-refractivity contribution in [3.8, 4) is 5.75 Å². The molecular weight excluding hydrogens is 459 g/mol. The van der Waals surface area contributed by atoms with E-state index in [1.165, 1.54) is 18.6 Å². The molecule has 2 aliphatic rings. The summed E-state index contributed by atoms with van der Waals surface area (Å²) in [5.41, 5.74) is 1.68. The third-order valence-corrected chi connectivity index (χ3v) is 6.78. The van der Waals surface area contributed by atoms with E-state index in [0.29, 0.717) is 43.2 Å². The van der Waals surface area contributed by atoms with Crippen LogP contribution in [0.1, 0.15) is 29.6 Å². The normalized spacial score (nSPS) is 16.6.